The highest BCUT2D eigenvalue weighted by Gasteiger charge is 2.77. The molecular formula is C22H21ClNO9P2+. The van der Waals surface area contributed by atoms with Crippen LogP contribution in [0, 0.1) is 0 Å². The van der Waals surface area contributed by atoms with Crippen LogP contribution in [0.2, 0.25) is 5.02 Å². The van der Waals surface area contributed by atoms with Gasteiger partial charge in [0, 0.05) is 18.0 Å². The monoisotopic (exact) mass is 540 g/mol. The molecule has 10 nitrogen and oxygen atoms in total. The molecule has 0 saturated carbocycles. The predicted octanol–water partition coefficient (Wildman–Crippen LogP) is 3.75. The molecule has 1 aromatic heterocycles. The van der Waals surface area contributed by atoms with Gasteiger partial charge in [0.25, 0.3) is 0 Å². The van der Waals surface area contributed by atoms with E-state index in [2.05, 4.69) is 4.98 Å². The van der Waals surface area contributed by atoms with Crippen LogP contribution in [0.15, 0.2) is 73.1 Å². The van der Waals surface area contributed by atoms with Gasteiger partial charge in [0.05, 0.1) is 17.9 Å². The fraction of sp³-hybridized carbons (Fsp3) is 0.182. The average molecular weight is 541 g/mol. The third-order valence-corrected chi connectivity index (χ3v) is 10.2. The first kappa shape index (κ1) is 25.9. The number of rotatable bonds is 6. The summed E-state index contributed by atoms with van der Waals surface area (Å²) in [5, 5.41) is 7.78. The van der Waals surface area contributed by atoms with Gasteiger partial charge in [0.15, 0.2) is 0 Å². The second-order valence-electron chi connectivity index (χ2n) is 7.75. The lowest BCUT2D eigenvalue weighted by molar-refractivity contribution is -0.133. The van der Waals surface area contributed by atoms with Crippen molar-refractivity contribution in [1.82, 2.24) is 4.98 Å². The zero-order valence-electron chi connectivity index (χ0n) is 18.0. The van der Waals surface area contributed by atoms with Gasteiger partial charge in [-0.2, -0.15) is 9.79 Å². The summed E-state index contributed by atoms with van der Waals surface area (Å²) in [7, 11) is -9.98. The first-order chi connectivity index (χ1) is 16.5. The summed E-state index contributed by atoms with van der Waals surface area (Å²) in [5.41, 5.74) is 1.04. The Labute approximate surface area is 205 Å². The number of nitrogens with zero attached hydrogens (tertiary/aromatic N) is 1. The number of ether oxygens (including phenoxy) is 1. The smallest absolute Gasteiger partial charge is 0.425 e. The number of aliphatic hydroxyl groups is 1. The van der Waals surface area contributed by atoms with Crippen LogP contribution in [0.3, 0.4) is 0 Å². The van der Waals surface area contributed by atoms with Crippen LogP contribution in [0.5, 0.6) is 5.75 Å². The standard InChI is InChI=1S/C22H20ClNO9P2/c23-18-12-17(8-9-19(18)31-20(25)11-15-5-2-1-3-6-15)21-32-34(27,28)22(26,35(29,30)33-21)13-16-7-4-10-24-14-16/h1-10,12,14,21,26-28H,11,13H2/p+1. The molecule has 3 aromatic rings. The Balaban J connectivity index is 1.51. The van der Waals surface area contributed by atoms with Crippen molar-refractivity contribution in [3.05, 3.63) is 94.8 Å². The number of benzene rings is 2. The van der Waals surface area contributed by atoms with E-state index in [0.717, 1.165) is 5.56 Å². The van der Waals surface area contributed by atoms with Crippen molar-refractivity contribution >= 4 is 33.1 Å². The average Bonchev–Trinajstić information content (AvgIpc) is 2.80. The third-order valence-electron chi connectivity index (χ3n) is 5.21. The van der Waals surface area contributed by atoms with E-state index in [4.69, 9.17) is 25.4 Å². The minimum absolute atomic E-state index is 0.0129. The number of carbonyl (C=O) groups is 1. The highest BCUT2D eigenvalue weighted by atomic mass is 35.5. The first-order valence-electron chi connectivity index (χ1n) is 10.2. The zero-order chi connectivity index (χ0) is 25.3. The topological polar surface area (TPSA) is 156 Å². The molecule has 2 heterocycles. The van der Waals surface area contributed by atoms with Crippen LogP contribution in [-0.2, 0) is 31.2 Å². The van der Waals surface area contributed by atoms with E-state index in [-0.39, 0.29) is 28.3 Å². The normalized spacial score (nSPS) is 25.7. The maximum atomic E-state index is 12.9. The third kappa shape index (κ3) is 5.47. The van der Waals surface area contributed by atoms with Gasteiger partial charge in [0.2, 0.25) is 6.29 Å². The Bertz CT molecular complexity index is 1260. The van der Waals surface area contributed by atoms with Gasteiger partial charge in [-0.25, -0.2) is 0 Å². The fourth-order valence-electron chi connectivity index (χ4n) is 3.38. The Kier molecular flexibility index (Phi) is 7.41. The summed E-state index contributed by atoms with van der Waals surface area (Å²) >= 11 is 6.21. The van der Waals surface area contributed by atoms with E-state index < -0.39 is 39.3 Å². The van der Waals surface area contributed by atoms with E-state index in [1.165, 1.54) is 42.7 Å². The van der Waals surface area contributed by atoms with Gasteiger partial charge in [-0.3, -0.25) is 18.9 Å². The molecule has 4 N–H and O–H groups in total. The number of halogens is 1. The molecule has 35 heavy (non-hydrogen) atoms. The van der Waals surface area contributed by atoms with Gasteiger partial charge < -0.3 is 14.7 Å². The number of carbonyl (C=O) groups excluding carboxylic acids is 1. The molecule has 0 radical (unpaired) electrons. The zero-order valence-corrected chi connectivity index (χ0v) is 20.5. The van der Waals surface area contributed by atoms with Gasteiger partial charge in [-0.1, -0.05) is 48.0 Å². The van der Waals surface area contributed by atoms with Crippen LogP contribution in [0.1, 0.15) is 23.0 Å². The van der Waals surface area contributed by atoms with Crippen molar-refractivity contribution in [3.8, 4) is 5.75 Å². The van der Waals surface area contributed by atoms with Crippen LogP contribution in [-0.4, -0.2) is 35.8 Å². The molecule has 3 atom stereocenters. The maximum Gasteiger partial charge on any atom is 0.457 e. The summed E-state index contributed by atoms with van der Waals surface area (Å²) in [4.78, 5) is 47.7. The molecule has 3 unspecified atom stereocenters. The lowest BCUT2D eigenvalue weighted by Crippen LogP contribution is -2.40. The Morgan fingerprint density at radius 2 is 1.86 bits per heavy atom. The predicted molar refractivity (Wildman–Crippen MR) is 126 cm³/mol. The van der Waals surface area contributed by atoms with E-state index in [1.54, 1.807) is 24.3 Å². The molecule has 1 aliphatic heterocycles. The van der Waals surface area contributed by atoms with Crippen molar-refractivity contribution in [2.75, 3.05) is 0 Å². The molecule has 0 spiro atoms. The molecule has 0 bridgehead atoms. The second-order valence-corrected chi connectivity index (χ2v) is 12.5. The van der Waals surface area contributed by atoms with Gasteiger partial charge in [-0.15, -0.1) is 4.52 Å². The molecule has 0 amide bonds. The van der Waals surface area contributed by atoms with Crippen molar-refractivity contribution in [2.24, 2.45) is 0 Å². The van der Waals surface area contributed by atoms with Crippen LogP contribution >= 0.6 is 27.1 Å². The second kappa shape index (κ2) is 10.0. The summed E-state index contributed by atoms with van der Waals surface area (Å²) in [6, 6.07) is 15.8. The number of esters is 1. The molecule has 0 aliphatic carbocycles. The molecule has 13 heteroatoms. The molecule has 2 aromatic carbocycles. The van der Waals surface area contributed by atoms with E-state index in [1.807, 2.05) is 6.07 Å². The number of pyridine rings is 1. The van der Waals surface area contributed by atoms with Crippen molar-refractivity contribution in [1.29, 1.82) is 0 Å². The summed E-state index contributed by atoms with van der Waals surface area (Å²) in [6.45, 7) is 0. The minimum Gasteiger partial charge on any atom is -0.425 e. The SMILES string of the molecule is O=C(Cc1ccccc1)Oc1ccc(C2OP(=O)(O)C(O)(Cc3cccnc3)[P+](O)(O)O2)cc1Cl. The largest absolute Gasteiger partial charge is 0.457 e. The van der Waals surface area contributed by atoms with Crippen LogP contribution in [0.25, 0.3) is 0 Å². The van der Waals surface area contributed by atoms with E-state index >= 15 is 0 Å². The summed E-state index contributed by atoms with van der Waals surface area (Å²) in [6.07, 6.45) is 0.359. The molecular weight excluding hydrogens is 520 g/mol. The Morgan fingerprint density at radius 3 is 2.49 bits per heavy atom. The van der Waals surface area contributed by atoms with E-state index in [0.29, 0.717) is 0 Å². The van der Waals surface area contributed by atoms with Crippen molar-refractivity contribution in [3.63, 3.8) is 0 Å². The minimum atomic E-state index is -5.08. The maximum absolute atomic E-state index is 12.9. The molecule has 4 rings (SSSR count). The summed E-state index contributed by atoms with van der Waals surface area (Å²) < 4.78 is 28.5. The van der Waals surface area contributed by atoms with Crippen LogP contribution in [0.4, 0.5) is 0 Å². The lowest BCUT2D eigenvalue weighted by Gasteiger charge is -2.38. The van der Waals surface area contributed by atoms with Gasteiger partial charge in [0.1, 0.15) is 5.75 Å². The first-order valence-corrected chi connectivity index (χ1v) is 13.8. The van der Waals surface area contributed by atoms with Crippen molar-refractivity contribution in [2.45, 2.75) is 24.2 Å². The van der Waals surface area contributed by atoms with E-state index in [9.17, 15) is 29.1 Å². The summed E-state index contributed by atoms with van der Waals surface area (Å²) in [5.74, 6) is -0.548. The highest BCUT2D eigenvalue weighted by Crippen LogP contribution is 2.82. The van der Waals surface area contributed by atoms with Crippen molar-refractivity contribution < 1.29 is 42.9 Å². The highest BCUT2D eigenvalue weighted by molar-refractivity contribution is 7.76. The molecule has 1 fully saturated rings. The Morgan fingerprint density at radius 1 is 1.14 bits per heavy atom. The number of aromatic nitrogens is 1. The molecule has 184 valence electrons. The van der Waals surface area contributed by atoms with Crippen LogP contribution < -0.4 is 4.74 Å². The van der Waals surface area contributed by atoms with Gasteiger partial charge in [-0.05, 0) is 35.4 Å². The lowest BCUT2D eigenvalue weighted by atomic mass is 10.1. The molecule has 1 aliphatic rings. The molecule has 1 saturated heterocycles. The number of hydrogen-bond acceptors (Lipinski definition) is 9. The van der Waals surface area contributed by atoms with Gasteiger partial charge >= 0.3 is 26.6 Å². The quantitative estimate of drug-likeness (QED) is 0.206. The fourth-order valence-corrected chi connectivity index (χ4v) is 7.24. The Hall–Kier alpha value is -2.23. The number of hydrogen-bond donors (Lipinski definition) is 4.